The van der Waals surface area contributed by atoms with Crippen molar-refractivity contribution in [2.45, 2.75) is 13.0 Å². The Labute approximate surface area is 99.4 Å². The van der Waals surface area contributed by atoms with E-state index in [9.17, 15) is 9.59 Å². The van der Waals surface area contributed by atoms with Crippen LogP contribution in [0.3, 0.4) is 0 Å². The molecule has 1 aromatic rings. The van der Waals surface area contributed by atoms with E-state index in [0.717, 1.165) is 19.5 Å². The van der Waals surface area contributed by atoms with Crippen LogP contribution in [0.1, 0.15) is 16.8 Å². The summed E-state index contributed by atoms with van der Waals surface area (Å²) in [5.41, 5.74) is 0.151. The van der Waals surface area contributed by atoms with Crippen LogP contribution in [0.25, 0.3) is 0 Å². The Bertz CT molecular complexity index is 461. The SMILES string of the molecule is COC(=O)c1ccn(CC2CCNC2)c(=O)c1. The Balaban J connectivity index is 2.14. The van der Waals surface area contributed by atoms with Crippen LogP contribution in [0.2, 0.25) is 0 Å². The Hall–Kier alpha value is -1.62. The maximum Gasteiger partial charge on any atom is 0.338 e. The number of aromatic nitrogens is 1. The topological polar surface area (TPSA) is 60.3 Å². The second-order valence-corrected chi connectivity index (χ2v) is 4.26. The van der Waals surface area contributed by atoms with Gasteiger partial charge in [0.1, 0.15) is 0 Å². The van der Waals surface area contributed by atoms with Gasteiger partial charge >= 0.3 is 5.97 Å². The number of methoxy groups -OCH3 is 1. The number of nitrogens with one attached hydrogen (secondary N) is 1. The zero-order valence-electron chi connectivity index (χ0n) is 9.81. The van der Waals surface area contributed by atoms with E-state index in [1.165, 1.54) is 13.2 Å². The average Bonchev–Trinajstić information content (AvgIpc) is 2.83. The van der Waals surface area contributed by atoms with Crippen molar-refractivity contribution in [1.82, 2.24) is 9.88 Å². The van der Waals surface area contributed by atoms with Crippen LogP contribution in [0, 0.1) is 5.92 Å². The Kier molecular flexibility index (Phi) is 3.58. The first-order chi connectivity index (χ1) is 8.20. The molecule has 1 aromatic heterocycles. The summed E-state index contributed by atoms with van der Waals surface area (Å²) >= 11 is 0. The van der Waals surface area contributed by atoms with Gasteiger partial charge in [-0.15, -0.1) is 0 Å². The third-order valence-corrected chi connectivity index (χ3v) is 3.03. The van der Waals surface area contributed by atoms with Crippen molar-refractivity contribution in [2.24, 2.45) is 5.92 Å². The molecule has 1 atom stereocenters. The van der Waals surface area contributed by atoms with Gasteiger partial charge in [-0.1, -0.05) is 0 Å². The standard InChI is InChI=1S/C12H16N2O3/c1-17-12(16)10-3-5-14(11(15)6-10)8-9-2-4-13-7-9/h3,5-6,9,13H,2,4,7-8H2,1H3. The van der Waals surface area contributed by atoms with Gasteiger partial charge in [-0.3, -0.25) is 4.79 Å². The van der Waals surface area contributed by atoms with Crippen molar-refractivity contribution in [1.29, 1.82) is 0 Å². The Morgan fingerprint density at radius 3 is 3.06 bits per heavy atom. The molecule has 1 aliphatic rings. The van der Waals surface area contributed by atoms with E-state index < -0.39 is 5.97 Å². The number of esters is 1. The molecule has 2 heterocycles. The van der Waals surface area contributed by atoms with Gasteiger partial charge in [-0.25, -0.2) is 4.79 Å². The third-order valence-electron chi connectivity index (χ3n) is 3.03. The summed E-state index contributed by atoms with van der Waals surface area (Å²) in [4.78, 5) is 23.0. The summed E-state index contributed by atoms with van der Waals surface area (Å²) in [5.74, 6) is 0.0217. The summed E-state index contributed by atoms with van der Waals surface area (Å²) in [7, 11) is 1.30. The lowest BCUT2D eigenvalue weighted by molar-refractivity contribution is 0.0600. The molecule has 1 fully saturated rings. The van der Waals surface area contributed by atoms with Gasteiger partial charge in [0.2, 0.25) is 0 Å². The van der Waals surface area contributed by atoms with E-state index in [1.54, 1.807) is 16.8 Å². The predicted molar refractivity (Wildman–Crippen MR) is 63.0 cm³/mol. The first-order valence-corrected chi connectivity index (χ1v) is 5.70. The van der Waals surface area contributed by atoms with E-state index in [0.29, 0.717) is 18.0 Å². The zero-order chi connectivity index (χ0) is 12.3. The first kappa shape index (κ1) is 11.9. The molecule has 1 aliphatic heterocycles. The van der Waals surface area contributed by atoms with E-state index >= 15 is 0 Å². The van der Waals surface area contributed by atoms with Gasteiger partial charge in [0.25, 0.3) is 5.56 Å². The lowest BCUT2D eigenvalue weighted by atomic mass is 10.1. The fourth-order valence-corrected chi connectivity index (χ4v) is 2.05. The van der Waals surface area contributed by atoms with Gasteiger partial charge in [-0.05, 0) is 31.5 Å². The van der Waals surface area contributed by atoms with Crippen LogP contribution in [-0.4, -0.2) is 30.7 Å². The minimum absolute atomic E-state index is 0.153. The molecular weight excluding hydrogens is 220 g/mol. The van der Waals surface area contributed by atoms with Crippen molar-refractivity contribution in [2.75, 3.05) is 20.2 Å². The lowest BCUT2D eigenvalue weighted by Crippen LogP contribution is -2.25. The molecule has 1 saturated heterocycles. The highest BCUT2D eigenvalue weighted by molar-refractivity contribution is 5.88. The second kappa shape index (κ2) is 5.14. The fourth-order valence-electron chi connectivity index (χ4n) is 2.05. The summed E-state index contributed by atoms with van der Waals surface area (Å²) in [5, 5.41) is 3.26. The number of hydrogen-bond acceptors (Lipinski definition) is 4. The summed E-state index contributed by atoms with van der Waals surface area (Å²) < 4.78 is 6.21. The molecule has 0 saturated carbocycles. The van der Waals surface area contributed by atoms with Gasteiger partial charge < -0.3 is 14.6 Å². The molecule has 92 valence electrons. The van der Waals surface area contributed by atoms with E-state index in [1.807, 2.05) is 0 Å². The highest BCUT2D eigenvalue weighted by Gasteiger charge is 2.15. The molecule has 0 bridgehead atoms. The lowest BCUT2D eigenvalue weighted by Gasteiger charge is -2.11. The van der Waals surface area contributed by atoms with Crippen molar-refractivity contribution in [3.63, 3.8) is 0 Å². The largest absolute Gasteiger partial charge is 0.465 e. The number of ether oxygens (including phenoxy) is 1. The van der Waals surface area contributed by atoms with Gasteiger partial charge in [0.15, 0.2) is 0 Å². The zero-order valence-corrected chi connectivity index (χ0v) is 9.81. The molecule has 1 N–H and O–H groups in total. The number of carbonyl (C=O) groups excluding carboxylic acids is 1. The maximum absolute atomic E-state index is 11.8. The van der Waals surface area contributed by atoms with Crippen LogP contribution in [0.15, 0.2) is 23.1 Å². The van der Waals surface area contributed by atoms with Crippen LogP contribution in [0.4, 0.5) is 0 Å². The molecule has 0 radical (unpaired) electrons. The predicted octanol–water partition coefficient (Wildman–Crippen LogP) is 0.244. The van der Waals surface area contributed by atoms with Gasteiger partial charge in [0, 0.05) is 18.8 Å². The second-order valence-electron chi connectivity index (χ2n) is 4.26. The van der Waals surface area contributed by atoms with E-state index in [2.05, 4.69) is 10.1 Å². The minimum Gasteiger partial charge on any atom is -0.465 e. The summed E-state index contributed by atoms with van der Waals surface area (Å²) in [6, 6.07) is 2.95. The number of carbonyl (C=O) groups is 1. The normalized spacial score (nSPS) is 19.2. The van der Waals surface area contributed by atoms with Crippen molar-refractivity contribution < 1.29 is 9.53 Å². The Morgan fingerprint density at radius 1 is 1.65 bits per heavy atom. The Morgan fingerprint density at radius 2 is 2.47 bits per heavy atom. The van der Waals surface area contributed by atoms with Crippen molar-refractivity contribution >= 4 is 5.97 Å². The fraction of sp³-hybridized carbons (Fsp3) is 0.500. The molecule has 17 heavy (non-hydrogen) atoms. The van der Waals surface area contributed by atoms with Crippen LogP contribution in [0.5, 0.6) is 0 Å². The summed E-state index contributed by atoms with van der Waals surface area (Å²) in [6.07, 6.45) is 2.75. The van der Waals surface area contributed by atoms with E-state index in [-0.39, 0.29) is 5.56 Å². The van der Waals surface area contributed by atoms with Crippen molar-refractivity contribution in [3.05, 3.63) is 34.2 Å². The first-order valence-electron chi connectivity index (χ1n) is 5.70. The van der Waals surface area contributed by atoms with E-state index in [4.69, 9.17) is 0 Å². The van der Waals surface area contributed by atoms with Gasteiger partial charge in [-0.2, -0.15) is 0 Å². The molecule has 0 amide bonds. The highest BCUT2D eigenvalue weighted by Crippen LogP contribution is 2.09. The number of pyridine rings is 1. The molecule has 5 nitrogen and oxygen atoms in total. The number of rotatable bonds is 3. The smallest absolute Gasteiger partial charge is 0.338 e. The number of nitrogens with zero attached hydrogens (tertiary/aromatic N) is 1. The molecule has 0 spiro atoms. The molecule has 1 unspecified atom stereocenters. The molecule has 0 aromatic carbocycles. The molecule has 2 rings (SSSR count). The van der Waals surface area contributed by atoms with Crippen LogP contribution in [-0.2, 0) is 11.3 Å². The maximum atomic E-state index is 11.8. The van der Waals surface area contributed by atoms with Gasteiger partial charge in [0.05, 0.1) is 12.7 Å². The summed E-state index contributed by atoms with van der Waals surface area (Å²) in [6.45, 7) is 2.66. The molecule has 5 heteroatoms. The third kappa shape index (κ3) is 2.74. The molecular formula is C12H16N2O3. The average molecular weight is 236 g/mol. The molecule has 0 aliphatic carbocycles. The number of hydrogen-bond donors (Lipinski definition) is 1. The monoisotopic (exact) mass is 236 g/mol. The minimum atomic E-state index is -0.475. The van der Waals surface area contributed by atoms with Crippen molar-refractivity contribution in [3.8, 4) is 0 Å². The highest BCUT2D eigenvalue weighted by atomic mass is 16.5. The quantitative estimate of drug-likeness (QED) is 0.764. The van der Waals surface area contributed by atoms with Crippen LogP contribution >= 0.6 is 0 Å². The van der Waals surface area contributed by atoms with Crippen LogP contribution < -0.4 is 10.9 Å².